The number of methoxy groups -OCH3 is 1. The van der Waals surface area contributed by atoms with Crippen LogP contribution in [0.25, 0.3) is 16.8 Å². The van der Waals surface area contributed by atoms with Crippen molar-refractivity contribution >= 4 is 39.2 Å². The van der Waals surface area contributed by atoms with Crippen molar-refractivity contribution in [2.24, 2.45) is 0 Å². The van der Waals surface area contributed by atoms with Gasteiger partial charge in [0, 0.05) is 11.6 Å². The van der Waals surface area contributed by atoms with E-state index in [1.54, 1.807) is 24.8 Å². The Morgan fingerprint density at radius 2 is 2.08 bits per heavy atom. The smallest absolute Gasteiger partial charge is 0.268 e. The molecule has 5 nitrogen and oxygen atoms in total. The molecule has 2 aromatic carbocycles. The van der Waals surface area contributed by atoms with Crippen LogP contribution in [0, 0.1) is 11.3 Å². The number of hydrogen-bond acceptors (Lipinski definition) is 5. The highest BCUT2D eigenvalue weighted by molar-refractivity contribution is 7.13. The van der Waals surface area contributed by atoms with Gasteiger partial charge in [-0.1, -0.05) is 18.2 Å². The first-order chi connectivity index (χ1) is 11.7. The number of anilines is 1. The lowest BCUT2D eigenvalue weighted by atomic mass is 10.0. The number of amides is 1. The summed E-state index contributed by atoms with van der Waals surface area (Å²) in [5.41, 5.74) is 0.802. The summed E-state index contributed by atoms with van der Waals surface area (Å²) in [6.07, 6.45) is 3.15. The number of ether oxygens (including phenoxy) is 1. The first-order valence-electron chi connectivity index (χ1n) is 7.10. The van der Waals surface area contributed by atoms with Gasteiger partial charge in [0.15, 0.2) is 5.13 Å². The van der Waals surface area contributed by atoms with E-state index in [4.69, 9.17) is 4.74 Å². The van der Waals surface area contributed by atoms with Gasteiger partial charge in [-0.3, -0.25) is 10.1 Å². The summed E-state index contributed by atoms with van der Waals surface area (Å²) in [7, 11) is 1.62. The van der Waals surface area contributed by atoms with E-state index in [-0.39, 0.29) is 5.57 Å². The van der Waals surface area contributed by atoms with Crippen molar-refractivity contribution in [3.8, 4) is 11.8 Å². The van der Waals surface area contributed by atoms with Crippen LogP contribution < -0.4 is 10.1 Å². The topological polar surface area (TPSA) is 75.0 Å². The van der Waals surface area contributed by atoms with E-state index in [2.05, 4.69) is 10.3 Å². The second-order valence-electron chi connectivity index (χ2n) is 4.93. The van der Waals surface area contributed by atoms with Gasteiger partial charge in [-0.25, -0.2) is 4.98 Å². The first-order valence-corrected chi connectivity index (χ1v) is 7.98. The molecule has 0 bridgehead atoms. The van der Waals surface area contributed by atoms with Crippen LogP contribution in [0.2, 0.25) is 0 Å². The van der Waals surface area contributed by atoms with Crippen LogP contribution in [0.3, 0.4) is 0 Å². The highest BCUT2D eigenvalue weighted by Crippen LogP contribution is 2.23. The zero-order valence-electron chi connectivity index (χ0n) is 12.8. The van der Waals surface area contributed by atoms with Crippen LogP contribution in [0.1, 0.15) is 5.56 Å². The van der Waals surface area contributed by atoms with Gasteiger partial charge in [-0.15, -0.1) is 11.3 Å². The molecule has 118 valence electrons. The number of benzene rings is 2. The summed E-state index contributed by atoms with van der Waals surface area (Å²) in [4.78, 5) is 16.1. The molecule has 0 saturated heterocycles. The average Bonchev–Trinajstić information content (AvgIpc) is 3.11. The van der Waals surface area contributed by atoms with E-state index in [1.165, 1.54) is 11.3 Å². The van der Waals surface area contributed by atoms with Gasteiger partial charge in [0.25, 0.3) is 5.91 Å². The van der Waals surface area contributed by atoms with Crippen molar-refractivity contribution in [3.05, 3.63) is 59.1 Å². The maximum atomic E-state index is 12.1. The maximum absolute atomic E-state index is 12.1. The number of carbonyl (C=O) groups is 1. The molecule has 0 spiro atoms. The Balaban J connectivity index is 1.89. The summed E-state index contributed by atoms with van der Waals surface area (Å²) < 4.78 is 5.20. The quantitative estimate of drug-likeness (QED) is 0.580. The SMILES string of the molecule is COc1ccc2cc(/C=C(/C#N)C(=O)Nc3nccs3)ccc2c1. The minimum absolute atomic E-state index is 0.0260. The molecule has 1 N–H and O–H groups in total. The minimum atomic E-state index is -0.470. The van der Waals surface area contributed by atoms with Crippen molar-refractivity contribution in [1.82, 2.24) is 4.98 Å². The molecule has 6 heteroatoms. The lowest BCUT2D eigenvalue weighted by molar-refractivity contribution is -0.112. The fourth-order valence-corrected chi connectivity index (χ4v) is 2.75. The fourth-order valence-electron chi connectivity index (χ4n) is 2.22. The third-order valence-corrected chi connectivity index (χ3v) is 4.09. The number of nitrogens with one attached hydrogen (secondary N) is 1. The van der Waals surface area contributed by atoms with Gasteiger partial charge < -0.3 is 4.74 Å². The van der Waals surface area contributed by atoms with Crippen LogP contribution in [0.4, 0.5) is 5.13 Å². The van der Waals surface area contributed by atoms with Gasteiger partial charge in [-0.2, -0.15) is 5.26 Å². The molecule has 24 heavy (non-hydrogen) atoms. The molecular weight excluding hydrogens is 322 g/mol. The number of nitriles is 1. The summed E-state index contributed by atoms with van der Waals surface area (Å²) in [5.74, 6) is 0.314. The Morgan fingerprint density at radius 1 is 1.29 bits per heavy atom. The Hall–Kier alpha value is -3.17. The summed E-state index contributed by atoms with van der Waals surface area (Å²) in [5, 5.41) is 16.1. The Kier molecular flexibility index (Phi) is 4.54. The Labute approximate surface area is 142 Å². The number of hydrogen-bond donors (Lipinski definition) is 1. The Morgan fingerprint density at radius 3 is 2.79 bits per heavy atom. The largest absolute Gasteiger partial charge is 0.497 e. The molecule has 0 aliphatic carbocycles. The molecule has 0 fully saturated rings. The third kappa shape index (κ3) is 3.42. The number of carbonyl (C=O) groups excluding carboxylic acids is 1. The van der Waals surface area contributed by atoms with Crippen LogP contribution in [0.5, 0.6) is 5.75 Å². The van der Waals surface area contributed by atoms with Crippen molar-refractivity contribution in [2.45, 2.75) is 0 Å². The molecule has 0 aliphatic heterocycles. The standard InChI is InChI=1S/C18H13N3O2S/c1-23-16-5-4-13-8-12(2-3-14(13)10-16)9-15(11-19)17(22)21-18-20-6-7-24-18/h2-10H,1H3,(H,20,21,22)/b15-9-. The zero-order valence-corrected chi connectivity index (χ0v) is 13.6. The fraction of sp³-hybridized carbons (Fsp3) is 0.0556. The lowest BCUT2D eigenvalue weighted by Crippen LogP contribution is -2.13. The normalized spacial score (nSPS) is 11.1. The van der Waals surface area contributed by atoms with Crippen LogP contribution >= 0.6 is 11.3 Å². The van der Waals surface area contributed by atoms with Crippen LogP contribution in [-0.2, 0) is 4.79 Å². The van der Waals surface area contributed by atoms with Gasteiger partial charge >= 0.3 is 0 Å². The molecular formula is C18H13N3O2S. The van der Waals surface area contributed by atoms with Crippen molar-refractivity contribution in [1.29, 1.82) is 5.26 Å². The predicted octanol–water partition coefficient (Wildman–Crippen LogP) is 3.85. The van der Waals surface area contributed by atoms with E-state index >= 15 is 0 Å². The number of thiazole rings is 1. The molecule has 0 aliphatic rings. The second kappa shape index (κ2) is 6.94. The molecule has 3 rings (SSSR count). The number of aromatic nitrogens is 1. The van der Waals surface area contributed by atoms with Crippen LogP contribution in [0.15, 0.2) is 53.5 Å². The number of rotatable bonds is 4. The van der Waals surface area contributed by atoms with Gasteiger partial charge in [-0.05, 0) is 40.6 Å². The van der Waals surface area contributed by atoms with E-state index < -0.39 is 5.91 Å². The predicted molar refractivity (Wildman–Crippen MR) is 94.8 cm³/mol. The molecule has 0 saturated carbocycles. The molecule has 1 amide bonds. The third-order valence-electron chi connectivity index (χ3n) is 3.40. The molecule has 0 unspecified atom stereocenters. The van der Waals surface area contributed by atoms with Gasteiger partial charge in [0.05, 0.1) is 7.11 Å². The highest BCUT2D eigenvalue weighted by atomic mass is 32.1. The van der Waals surface area contributed by atoms with E-state index in [0.717, 1.165) is 22.1 Å². The molecule has 1 aromatic heterocycles. The first kappa shape index (κ1) is 15.7. The lowest BCUT2D eigenvalue weighted by Gasteiger charge is -2.04. The zero-order chi connectivity index (χ0) is 16.9. The van der Waals surface area contributed by atoms with Crippen LogP contribution in [-0.4, -0.2) is 18.0 Å². The average molecular weight is 335 g/mol. The second-order valence-corrected chi connectivity index (χ2v) is 5.83. The van der Waals surface area contributed by atoms with Crippen molar-refractivity contribution < 1.29 is 9.53 Å². The van der Waals surface area contributed by atoms with Gasteiger partial charge in [0.2, 0.25) is 0 Å². The van der Waals surface area contributed by atoms with Gasteiger partial charge in [0.1, 0.15) is 17.4 Å². The van der Waals surface area contributed by atoms with E-state index in [0.29, 0.717) is 5.13 Å². The molecule has 3 aromatic rings. The summed E-state index contributed by atoms with van der Waals surface area (Å²) >= 11 is 1.30. The summed E-state index contributed by atoms with van der Waals surface area (Å²) in [6.45, 7) is 0. The number of nitrogens with zero attached hydrogens (tertiary/aromatic N) is 2. The molecule has 0 atom stereocenters. The minimum Gasteiger partial charge on any atom is -0.497 e. The van der Waals surface area contributed by atoms with E-state index in [1.807, 2.05) is 42.5 Å². The maximum Gasteiger partial charge on any atom is 0.268 e. The van der Waals surface area contributed by atoms with E-state index in [9.17, 15) is 10.1 Å². The highest BCUT2D eigenvalue weighted by Gasteiger charge is 2.10. The van der Waals surface area contributed by atoms with Crippen molar-refractivity contribution in [3.63, 3.8) is 0 Å². The summed E-state index contributed by atoms with van der Waals surface area (Å²) in [6, 6.07) is 13.4. The molecule has 0 radical (unpaired) electrons. The molecule has 1 heterocycles. The number of fused-ring (bicyclic) bond motifs is 1. The monoisotopic (exact) mass is 335 g/mol. The Bertz CT molecular complexity index is 956. The van der Waals surface area contributed by atoms with Crippen molar-refractivity contribution in [2.75, 3.05) is 12.4 Å².